The van der Waals surface area contributed by atoms with E-state index < -0.39 is 43.3 Å². The molecule has 4 rings (SSSR count). The maximum Gasteiger partial charge on any atom is 0.260 e. The van der Waals surface area contributed by atoms with E-state index in [1.807, 2.05) is 0 Å². The highest BCUT2D eigenvalue weighted by molar-refractivity contribution is 7.97. The number of hydrogen-bond donors (Lipinski definition) is 3. The number of nitrogens with two attached hydrogens (primary N) is 1. The number of amides is 2. The number of carbonyl (C=O) groups is 2. The van der Waals surface area contributed by atoms with Crippen molar-refractivity contribution in [3.63, 3.8) is 0 Å². The highest BCUT2D eigenvalue weighted by atomic mass is 35.5. The highest BCUT2D eigenvalue weighted by Gasteiger charge is 2.49. The van der Waals surface area contributed by atoms with Gasteiger partial charge < -0.3 is 21.1 Å². The molecule has 11 heteroatoms. The van der Waals surface area contributed by atoms with Crippen molar-refractivity contribution in [2.45, 2.75) is 38.3 Å². The van der Waals surface area contributed by atoms with Crippen LogP contribution in [0, 0.1) is 17.3 Å². The van der Waals surface area contributed by atoms with Crippen LogP contribution < -0.4 is 11.1 Å². The number of benzene rings is 2. The van der Waals surface area contributed by atoms with Gasteiger partial charge in [0.25, 0.3) is 11.8 Å². The van der Waals surface area contributed by atoms with Crippen LogP contribution in [0.1, 0.15) is 36.7 Å². The number of aliphatic hydroxyl groups is 1. The summed E-state index contributed by atoms with van der Waals surface area (Å²) >= 11 is 6.27. The summed E-state index contributed by atoms with van der Waals surface area (Å²) in [5, 5.41) is 14.0. The molecule has 0 aliphatic carbocycles. The van der Waals surface area contributed by atoms with Gasteiger partial charge in [-0.15, -0.1) is 0 Å². The summed E-state index contributed by atoms with van der Waals surface area (Å²) in [7, 11) is -4.36. The molecular weight excluding hydrogens is 497 g/mol. The zero-order chi connectivity index (χ0) is 25.9. The Morgan fingerprint density at radius 2 is 1.89 bits per heavy atom. The molecular formula is C24H22ClFN3O5S. The molecule has 1 atom stereocenters. The summed E-state index contributed by atoms with van der Waals surface area (Å²) in [5.41, 5.74) is 4.31. The van der Waals surface area contributed by atoms with Gasteiger partial charge in [0, 0.05) is 6.54 Å². The van der Waals surface area contributed by atoms with Gasteiger partial charge >= 0.3 is 0 Å². The summed E-state index contributed by atoms with van der Waals surface area (Å²) in [5.74, 6) is -2.42. The van der Waals surface area contributed by atoms with Gasteiger partial charge in [0.05, 0.1) is 27.9 Å². The van der Waals surface area contributed by atoms with Crippen molar-refractivity contribution in [1.82, 2.24) is 4.90 Å². The number of halogens is 2. The lowest BCUT2D eigenvalue weighted by atomic mass is 9.85. The third-order valence-electron chi connectivity index (χ3n) is 5.83. The van der Waals surface area contributed by atoms with E-state index in [1.165, 1.54) is 35.2 Å². The Morgan fingerprint density at radius 1 is 1.26 bits per heavy atom. The third-order valence-corrected chi connectivity index (χ3v) is 8.21. The average molecular weight is 519 g/mol. The molecule has 8 nitrogen and oxygen atoms in total. The van der Waals surface area contributed by atoms with E-state index >= 15 is 0 Å². The summed E-state index contributed by atoms with van der Waals surface area (Å²) in [6.07, 6.45) is 0. The molecule has 2 aromatic rings. The smallest absolute Gasteiger partial charge is 0.260 e. The lowest BCUT2D eigenvalue weighted by Crippen LogP contribution is -2.43. The molecule has 4 N–H and O–H groups in total. The van der Waals surface area contributed by atoms with Crippen molar-refractivity contribution >= 4 is 38.9 Å². The molecule has 0 saturated heterocycles. The van der Waals surface area contributed by atoms with Crippen molar-refractivity contribution < 1.29 is 27.5 Å². The van der Waals surface area contributed by atoms with Crippen molar-refractivity contribution in [1.29, 1.82) is 0 Å². The van der Waals surface area contributed by atoms with Gasteiger partial charge in [0.1, 0.15) is 17.1 Å². The number of anilines is 1. The van der Waals surface area contributed by atoms with Crippen LogP contribution in [0.5, 0.6) is 0 Å². The van der Waals surface area contributed by atoms with Crippen LogP contribution in [-0.2, 0) is 21.2 Å². The third kappa shape index (κ3) is 4.06. The first-order chi connectivity index (χ1) is 16.2. The van der Waals surface area contributed by atoms with Gasteiger partial charge in [-0.3, -0.25) is 9.59 Å². The number of aliphatic hydroxyl groups excluding tert-OH is 1. The van der Waals surface area contributed by atoms with E-state index in [0.29, 0.717) is 5.56 Å². The Kier molecular flexibility index (Phi) is 5.93. The fourth-order valence-corrected chi connectivity index (χ4v) is 5.95. The number of carbonyl (C=O) groups excluding carboxylic acids is 2. The first-order valence-corrected chi connectivity index (χ1v) is 12.4. The zero-order valence-corrected chi connectivity index (χ0v) is 20.6. The zero-order valence-electron chi connectivity index (χ0n) is 19.0. The minimum absolute atomic E-state index is 0.0182. The van der Waals surface area contributed by atoms with E-state index in [9.17, 15) is 27.5 Å². The summed E-state index contributed by atoms with van der Waals surface area (Å²) < 4.78 is 39.0. The molecule has 183 valence electrons. The van der Waals surface area contributed by atoms with E-state index in [1.54, 1.807) is 20.8 Å². The Balaban J connectivity index is 1.87. The number of sulfone groups is 1. The lowest BCUT2D eigenvalue weighted by Gasteiger charge is -2.35. The van der Waals surface area contributed by atoms with Crippen LogP contribution in [0.3, 0.4) is 0 Å². The molecule has 0 saturated carbocycles. The van der Waals surface area contributed by atoms with Crippen molar-refractivity contribution in [3.05, 3.63) is 80.8 Å². The molecule has 35 heavy (non-hydrogen) atoms. The second-order valence-electron chi connectivity index (χ2n) is 9.34. The van der Waals surface area contributed by atoms with Gasteiger partial charge in [-0.05, 0) is 41.3 Å². The average Bonchev–Trinajstić information content (AvgIpc) is 3.01. The molecule has 0 unspecified atom stereocenters. The van der Waals surface area contributed by atoms with E-state index in [-0.39, 0.29) is 39.7 Å². The molecule has 2 heterocycles. The van der Waals surface area contributed by atoms with E-state index in [4.69, 9.17) is 17.3 Å². The van der Waals surface area contributed by atoms with E-state index in [2.05, 4.69) is 11.4 Å². The van der Waals surface area contributed by atoms with Crippen LogP contribution in [-0.4, -0.2) is 36.3 Å². The number of fused-ring (bicyclic) bond motifs is 1. The van der Waals surface area contributed by atoms with Gasteiger partial charge in [0.15, 0.2) is 4.36 Å². The Hall–Kier alpha value is -3.37. The van der Waals surface area contributed by atoms with Crippen LogP contribution >= 0.6 is 11.6 Å². The molecule has 0 aromatic heterocycles. The summed E-state index contributed by atoms with van der Waals surface area (Å²) in [4.78, 5) is 26.6. The number of hydrogen-bond acceptors (Lipinski definition) is 6. The topological polar surface area (TPSA) is 130 Å². The first-order valence-electron chi connectivity index (χ1n) is 10.5. The second-order valence-corrected chi connectivity index (χ2v) is 11.8. The van der Waals surface area contributed by atoms with Crippen molar-refractivity contribution in [3.8, 4) is 0 Å². The fourth-order valence-electron chi connectivity index (χ4n) is 4.30. The molecule has 2 aliphatic rings. The molecule has 2 aromatic carbocycles. The van der Waals surface area contributed by atoms with Crippen LogP contribution in [0.4, 0.5) is 10.1 Å². The Labute approximate surface area is 206 Å². The SMILES string of the molecule is CC(C)(C)[C@H]1C(O)=C(C2=C(Cl)S(=O)(=O)c3c[c]cc(C(N)=O)c3N2)C(=O)N1Cc1ccc(F)cc1. The predicted molar refractivity (Wildman–Crippen MR) is 127 cm³/mol. The normalized spacial score (nSPS) is 19.6. The van der Waals surface area contributed by atoms with Gasteiger partial charge in [0.2, 0.25) is 9.84 Å². The monoisotopic (exact) mass is 518 g/mol. The number of nitrogens with zero attached hydrogens (tertiary/aromatic N) is 1. The van der Waals surface area contributed by atoms with Crippen LogP contribution in [0.2, 0.25) is 0 Å². The maximum absolute atomic E-state index is 13.6. The van der Waals surface area contributed by atoms with Gasteiger partial charge in [-0.25, -0.2) is 12.8 Å². The maximum atomic E-state index is 13.6. The molecule has 1 radical (unpaired) electrons. The molecule has 0 spiro atoms. The Bertz CT molecular complexity index is 1430. The highest BCUT2D eigenvalue weighted by Crippen LogP contribution is 2.45. The molecule has 0 bridgehead atoms. The summed E-state index contributed by atoms with van der Waals surface area (Å²) in [6.45, 7) is 5.43. The fraction of sp³-hybridized carbons (Fsp3) is 0.250. The second kappa shape index (κ2) is 8.39. The molecule has 2 amide bonds. The number of primary amides is 1. The molecule has 0 fully saturated rings. The first kappa shape index (κ1) is 24.7. The van der Waals surface area contributed by atoms with Crippen molar-refractivity contribution in [2.75, 3.05) is 5.32 Å². The minimum Gasteiger partial charge on any atom is -0.509 e. The van der Waals surface area contributed by atoms with Crippen molar-refractivity contribution in [2.24, 2.45) is 11.1 Å². The van der Waals surface area contributed by atoms with E-state index in [0.717, 1.165) is 6.07 Å². The predicted octanol–water partition coefficient (Wildman–Crippen LogP) is 3.60. The lowest BCUT2D eigenvalue weighted by molar-refractivity contribution is -0.129. The van der Waals surface area contributed by atoms with Gasteiger partial charge in [-0.2, -0.15) is 0 Å². The summed E-state index contributed by atoms with van der Waals surface area (Å²) in [6, 6.07) is 9.58. The number of rotatable bonds is 4. The van der Waals surface area contributed by atoms with Gasteiger partial charge in [-0.1, -0.05) is 44.5 Å². The largest absolute Gasteiger partial charge is 0.509 e. The minimum atomic E-state index is -4.36. The quantitative estimate of drug-likeness (QED) is 0.567. The van der Waals surface area contributed by atoms with Crippen LogP contribution in [0.15, 0.2) is 62.7 Å². The molecule has 2 aliphatic heterocycles. The van der Waals surface area contributed by atoms with Crippen LogP contribution in [0.25, 0.3) is 0 Å². The standard InChI is InChI=1S/C24H22ClFN3O5S/c1-24(2,3)20-19(30)16(23(32)29(20)11-12-7-9-13(26)10-8-12)18-21(25)35(33,34)15-6-4-5-14(22(27)31)17(15)28-18/h5-10,20,28,30H,11H2,1-3H3,(H2,27,31)/t20-/m1/s1. The Morgan fingerprint density at radius 3 is 2.46 bits per heavy atom. The number of nitrogens with one attached hydrogen (secondary N) is 1.